The fraction of sp³-hybridized carbons (Fsp3) is 0.0526. The van der Waals surface area contributed by atoms with Crippen LogP contribution in [0.4, 0.5) is 5.13 Å². The van der Waals surface area contributed by atoms with Gasteiger partial charge in [-0.3, -0.25) is 10.1 Å². The molecule has 0 bridgehead atoms. The number of anilines is 1. The Morgan fingerprint density at radius 2 is 1.74 bits per heavy atom. The minimum Gasteiger partial charge on any atom is -0.296 e. The molecule has 4 rings (SSSR count). The number of hydrogen-bond donors (Lipinski definition) is 1. The minimum absolute atomic E-state index is 0.242. The average Bonchev–Trinajstić information content (AvgIpc) is 3.29. The first kappa shape index (κ1) is 17.8. The number of amides is 1. The van der Waals surface area contributed by atoms with E-state index in [2.05, 4.69) is 20.5 Å². The van der Waals surface area contributed by atoms with Crippen molar-refractivity contribution >= 4 is 45.3 Å². The van der Waals surface area contributed by atoms with Gasteiger partial charge in [0.25, 0.3) is 5.91 Å². The van der Waals surface area contributed by atoms with E-state index in [-0.39, 0.29) is 5.91 Å². The highest BCUT2D eigenvalue weighted by Gasteiger charge is 2.18. The molecule has 0 saturated carbocycles. The van der Waals surface area contributed by atoms with E-state index >= 15 is 0 Å². The fourth-order valence-corrected chi connectivity index (χ4v) is 4.37. The molecule has 2 aromatic heterocycles. The molecule has 0 unspecified atom stereocenters. The average molecular weight is 413 g/mol. The molecule has 2 heterocycles. The summed E-state index contributed by atoms with van der Waals surface area (Å²) in [6, 6.07) is 17.1. The third-order valence-electron chi connectivity index (χ3n) is 3.74. The molecule has 4 aromatic rings. The van der Waals surface area contributed by atoms with Gasteiger partial charge in [0.05, 0.1) is 5.69 Å². The second kappa shape index (κ2) is 7.56. The summed E-state index contributed by atoms with van der Waals surface area (Å²) in [5.41, 5.74) is 2.52. The van der Waals surface area contributed by atoms with Gasteiger partial charge in [-0.15, -0.1) is 21.5 Å². The van der Waals surface area contributed by atoms with E-state index in [1.807, 2.05) is 55.5 Å². The summed E-state index contributed by atoms with van der Waals surface area (Å²) in [6.45, 7) is 1.81. The Morgan fingerprint density at radius 1 is 0.963 bits per heavy atom. The van der Waals surface area contributed by atoms with Crippen LogP contribution < -0.4 is 5.32 Å². The Balaban J connectivity index is 1.55. The van der Waals surface area contributed by atoms with Gasteiger partial charge < -0.3 is 0 Å². The molecule has 0 aliphatic heterocycles. The number of hydrogen-bond acceptors (Lipinski definition) is 6. The Labute approximate surface area is 168 Å². The van der Waals surface area contributed by atoms with Crippen LogP contribution in [0, 0.1) is 6.92 Å². The van der Waals surface area contributed by atoms with Crippen LogP contribution in [0.15, 0.2) is 54.6 Å². The topological polar surface area (TPSA) is 67.8 Å². The van der Waals surface area contributed by atoms with Crippen molar-refractivity contribution in [3.05, 3.63) is 70.2 Å². The number of carbonyl (C=O) groups excluding carboxylic acids is 1. The molecule has 134 valence electrons. The summed E-state index contributed by atoms with van der Waals surface area (Å²) in [6.07, 6.45) is 0. The van der Waals surface area contributed by atoms with E-state index < -0.39 is 0 Å². The molecule has 1 amide bonds. The third-order valence-corrected chi connectivity index (χ3v) is 6.07. The number of benzene rings is 2. The summed E-state index contributed by atoms with van der Waals surface area (Å²) in [4.78, 5) is 17.7. The molecule has 0 spiro atoms. The SMILES string of the molecule is Cc1nc(-c2cccc(Cl)c2)sc1C(=O)Nc1nnc(-c2ccccc2)s1. The van der Waals surface area contributed by atoms with E-state index in [1.54, 1.807) is 6.07 Å². The zero-order valence-electron chi connectivity index (χ0n) is 14.1. The van der Waals surface area contributed by atoms with Crippen molar-refractivity contribution in [2.75, 3.05) is 5.32 Å². The van der Waals surface area contributed by atoms with Gasteiger partial charge in [0, 0.05) is 16.1 Å². The van der Waals surface area contributed by atoms with E-state index in [0.717, 1.165) is 21.1 Å². The van der Waals surface area contributed by atoms with Crippen molar-refractivity contribution in [2.45, 2.75) is 6.92 Å². The first-order valence-corrected chi connectivity index (χ1v) is 10.0. The molecule has 0 atom stereocenters. The zero-order valence-corrected chi connectivity index (χ0v) is 16.5. The number of nitrogens with one attached hydrogen (secondary N) is 1. The third kappa shape index (κ3) is 3.90. The summed E-state index contributed by atoms with van der Waals surface area (Å²) in [7, 11) is 0. The van der Waals surface area contributed by atoms with Crippen molar-refractivity contribution in [3.8, 4) is 21.1 Å². The van der Waals surface area contributed by atoms with Crippen molar-refractivity contribution in [1.29, 1.82) is 0 Å². The van der Waals surface area contributed by atoms with Gasteiger partial charge in [-0.2, -0.15) is 0 Å². The van der Waals surface area contributed by atoms with Gasteiger partial charge in [0.1, 0.15) is 14.9 Å². The van der Waals surface area contributed by atoms with Crippen LogP contribution in [-0.2, 0) is 0 Å². The molecular formula is C19H13ClN4OS2. The molecule has 0 fully saturated rings. The Bertz CT molecular complexity index is 1110. The molecule has 0 aliphatic rings. The lowest BCUT2D eigenvalue weighted by Crippen LogP contribution is -2.11. The maximum absolute atomic E-state index is 12.7. The van der Waals surface area contributed by atoms with E-state index in [0.29, 0.717) is 20.7 Å². The van der Waals surface area contributed by atoms with Crippen LogP contribution in [-0.4, -0.2) is 21.1 Å². The highest BCUT2D eigenvalue weighted by molar-refractivity contribution is 7.19. The van der Waals surface area contributed by atoms with E-state index in [9.17, 15) is 4.79 Å². The summed E-state index contributed by atoms with van der Waals surface area (Å²) < 4.78 is 0. The molecule has 8 heteroatoms. The smallest absolute Gasteiger partial charge is 0.269 e. The van der Waals surface area contributed by atoms with Crippen molar-refractivity contribution in [2.24, 2.45) is 0 Å². The number of nitrogens with zero attached hydrogens (tertiary/aromatic N) is 3. The number of carbonyl (C=O) groups is 1. The van der Waals surface area contributed by atoms with Crippen LogP contribution in [0.2, 0.25) is 5.02 Å². The standard InChI is InChI=1S/C19H13ClN4OS2/c1-11-15(26-17(21-11)13-8-5-9-14(20)10-13)16(25)22-19-24-23-18(27-19)12-6-3-2-4-7-12/h2-10H,1H3,(H,22,24,25). The van der Waals surface area contributed by atoms with Gasteiger partial charge in [0.2, 0.25) is 5.13 Å². The maximum Gasteiger partial charge on any atom is 0.269 e. The van der Waals surface area contributed by atoms with Gasteiger partial charge in [0.15, 0.2) is 0 Å². The Kier molecular flexibility index (Phi) is 4.98. The number of thiazole rings is 1. The number of aromatic nitrogens is 3. The monoisotopic (exact) mass is 412 g/mol. The molecule has 0 saturated heterocycles. The normalized spacial score (nSPS) is 10.7. The van der Waals surface area contributed by atoms with Crippen molar-refractivity contribution < 1.29 is 4.79 Å². The van der Waals surface area contributed by atoms with Gasteiger partial charge >= 0.3 is 0 Å². The predicted molar refractivity (Wildman–Crippen MR) is 111 cm³/mol. The summed E-state index contributed by atoms with van der Waals surface area (Å²) in [5.74, 6) is -0.242. The van der Waals surface area contributed by atoms with Crippen LogP contribution in [0.3, 0.4) is 0 Å². The highest BCUT2D eigenvalue weighted by Crippen LogP contribution is 2.31. The Morgan fingerprint density at radius 3 is 2.52 bits per heavy atom. The van der Waals surface area contributed by atoms with Crippen LogP contribution >= 0.6 is 34.3 Å². The van der Waals surface area contributed by atoms with E-state index in [4.69, 9.17) is 11.6 Å². The molecule has 27 heavy (non-hydrogen) atoms. The minimum atomic E-state index is -0.242. The number of aryl methyl sites for hydroxylation is 1. The van der Waals surface area contributed by atoms with Crippen LogP contribution in [0.1, 0.15) is 15.4 Å². The largest absolute Gasteiger partial charge is 0.296 e. The fourth-order valence-electron chi connectivity index (χ4n) is 2.48. The quantitative estimate of drug-likeness (QED) is 0.477. The van der Waals surface area contributed by atoms with Gasteiger partial charge in [-0.1, -0.05) is 65.4 Å². The first-order chi connectivity index (χ1) is 13.1. The molecular weight excluding hydrogens is 400 g/mol. The van der Waals surface area contributed by atoms with Crippen molar-refractivity contribution in [1.82, 2.24) is 15.2 Å². The van der Waals surface area contributed by atoms with Gasteiger partial charge in [-0.05, 0) is 19.1 Å². The second-order valence-electron chi connectivity index (χ2n) is 5.68. The Hall–Kier alpha value is -2.61. The lowest BCUT2D eigenvalue weighted by Gasteiger charge is -1.98. The number of halogens is 1. The summed E-state index contributed by atoms with van der Waals surface area (Å²) >= 11 is 8.71. The number of rotatable bonds is 4. The van der Waals surface area contributed by atoms with E-state index in [1.165, 1.54) is 22.7 Å². The van der Waals surface area contributed by atoms with Crippen LogP contribution in [0.5, 0.6) is 0 Å². The molecule has 0 radical (unpaired) electrons. The van der Waals surface area contributed by atoms with Crippen molar-refractivity contribution in [3.63, 3.8) is 0 Å². The zero-order chi connectivity index (χ0) is 18.8. The summed E-state index contributed by atoms with van der Waals surface area (Å²) in [5, 5.41) is 13.6. The molecule has 2 aromatic carbocycles. The highest BCUT2D eigenvalue weighted by atomic mass is 35.5. The molecule has 1 N–H and O–H groups in total. The molecule has 5 nitrogen and oxygen atoms in total. The second-order valence-corrected chi connectivity index (χ2v) is 8.09. The predicted octanol–water partition coefficient (Wildman–Crippen LogP) is 5.54. The molecule has 0 aliphatic carbocycles. The first-order valence-electron chi connectivity index (χ1n) is 8.04. The lowest BCUT2D eigenvalue weighted by atomic mass is 10.2. The maximum atomic E-state index is 12.7. The van der Waals surface area contributed by atoms with Crippen LogP contribution in [0.25, 0.3) is 21.1 Å². The van der Waals surface area contributed by atoms with Gasteiger partial charge in [-0.25, -0.2) is 4.98 Å². The lowest BCUT2D eigenvalue weighted by molar-refractivity contribution is 0.102.